The molecule has 3 nitrogen and oxygen atoms in total. The first-order chi connectivity index (χ1) is 7.29. The first kappa shape index (κ1) is 9.55. The van der Waals surface area contributed by atoms with Gasteiger partial charge in [0.05, 0.1) is 0 Å². The van der Waals surface area contributed by atoms with Gasteiger partial charge in [0.2, 0.25) is 0 Å². The number of hydrogen-bond donors (Lipinski definition) is 2. The maximum Gasteiger partial charge on any atom is 0.146 e. The van der Waals surface area contributed by atoms with Gasteiger partial charge in [-0.2, -0.15) is 5.90 Å². The second-order valence-electron chi connectivity index (χ2n) is 3.19. The molecule has 0 fully saturated rings. The molecule has 0 radical (unpaired) electrons. The predicted molar refractivity (Wildman–Crippen MR) is 58.4 cm³/mol. The largest absolute Gasteiger partial charge is 0.508 e. The van der Waals surface area contributed by atoms with Crippen LogP contribution in [0, 0.1) is 0 Å². The summed E-state index contributed by atoms with van der Waals surface area (Å²) in [5.41, 5.74) is 2.09. The molecule has 0 unspecified atom stereocenters. The van der Waals surface area contributed by atoms with E-state index in [2.05, 4.69) is 4.84 Å². The molecular weight excluding hydrogens is 190 g/mol. The van der Waals surface area contributed by atoms with Crippen molar-refractivity contribution >= 4 is 0 Å². The van der Waals surface area contributed by atoms with E-state index in [1.807, 2.05) is 24.3 Å². The zero-order valence-corrected chi connectivity index (χ0v) is 8.05. The van der Waals surface area contributed by atoms with Crippen LogP contribution in [0.15, 0.2) is 48.5 Å². The van der Waals surface area contributed by atoms with Gasteiger partial charge in [-0.25, -0.2) is 0 Å². The zero-order chi connectivity index (χ0) is 10.7. The van der Waals surface area contributed by atoms with Gasteiger partial charge in [0.1, 0.15) is 11.5 Å². The molecule has 3 heteroatoms. The minimum atomic E-state index is 0.265. The Bertz CT molecular complexity index is 434. The molecule has 0 amide bonds. The van der Waals surface area contributed by atoms with Crippen molar-refractivity contribution in [2.24, 2.45) is 5.90 Å². The Hall–Kier alpha value is -2.00. The third kappa shape index (κ3) is 2.08. The van der Waals surface area contributed by atoms with E-state index in [9.17, 15) is 0 Å². The van der Waals surface area contributed by atoms with E-state index in [-0.39, 0.29) is 5.75 Å². The van der Waals surface area contributed by atoms with Crippen LogP contribution in [0.1, 0.15) is 0 Å². The van der Waals surface area contributed by atoms with Crippen molar-refractivity contribution in [3.63, 3.8) is 0 Å². The molecule has 0 aliphatic carbocycles. The van der Waals surface area contributed by atoms with Crippen LogP contribution in [-0.4, -0.2) is 5.11 Å². The zero-order valence-electron chi connectivity index (χ0n) is 8.05. The van der Waals surface area contributed by atoms with E-state index >= 15 is 0 Å². The van der Waals surface area contributed by atoms with E-state index in [0.717, 1.165) is 11.1 Å². The highest BCUT2D eigenvalue weighted by atomic mass is 16.6. The predicted octanol–water partition coefficient (Wildman–Crippen LogP) is 2.31. The van der Waals surface area contributed by atoms with Gasteiger partial charge in [-0.05, 0) is 35.4 Å². The molecule has 0 atom stereocenters. The van der Waals surface area contributed by atoms with Gasteiger partial charge in [-0.1, -0.05) is 24.3 Å². The van der Waals surface area contributed by atoms with Crippen molar-refractivity contribution in [2.45, 2.75) is 0 Å². The molecular formula is C12H11NO2. The molecule has 0 aliphatic heterocycles. The molecule has 0 aromatic heterocycles. The quantitative estimate of drug-likeness (QED) is 0.733. The summed E-state index contributed by atoms with van der Waals surface area (Å²) in [4.78, 5) is 4.58. The van der Waals surface area contributed by atoms with Crippen LogP contribution in [0.25, 0.3) is 11.1 Å². The third-order valence-corrected chi connectivity index (χ3v) is 2.19. The average molecular weight is 201 g/mol. The number of aromatic hydroxyl groups is 1. The van der Waals surface area contributed by atoms with Crippen molar-refractivity contribution in [2.75, 3.05) is 0 Å². The Morgan fingerprint density at radius 2 is 1.27 bits per heavy atom. The lowest BCUT2D eigenvalue weighted by Gasteiger charge is -2.03. The minimum Gasteiger partial charge on any atom is -0.508 e. The highest BCUT2D eigenvalue weighted by Crippen LogP contribution is 2.23. The lowest BCUT2D eigenvalue weighted by atomic mass is 10.1. The Morgan fingerprint density at radius 1 is 0.800 bits per heavy atom. The SMILES string of the molecule is NOc1ccc(-c2ccc(O)cc2)cc1. The van der Waals surface area contributed by atoms with Gasteiger partial charge >= 0.3 is 0 Å². The van der Waals surface area contributed by atoms with E-state index in [1.54, 1.807) is 24.3 Å². The van der Waals surface area contributed by atoms with E-state index < -0.39 is 0 Å². The molecule has 0 aliphatic rings. The highest BCUT2D eigenvalue weighted by Gasteiger charge is 1.98. The lowest BCUT2D eigenvalue weighted by molar-refractivity contribution is 0.334. The van der Waals surface area contributed by atoms with Gasteiger partial charge in [-0.3, -0.25) is 0 Å². The standard InChI is InChI=1S/C12H11NO2/c13-15-12-7-3-10(4-8-12)9-1-5-11(14)6-2-9/h1-8,14H,13H2. The van der Waals surface area contributed by atoms with Crippen LogP contribution in [0.5, 0.6) is 11.5 Å². The van der Waals surface area contributed by atoms with E-state index in [4.69, 9.17) is 11.0 Å². The smallest absolute Gasteiger partial charge is 0.146 e. The molecule has 0 spiro atoms. The molecule has 3 N–H and O–H groups in total. The van der Waals surface area contributed by atoms with E-state index in [1.165, 1.54) is 0 Å². The summed E-state index contributed by atoms with van der Waals surface area (Å²) in [5.74, 6) is 5.91. The fourth-order valence-corrected chi connectivity index (χ4v) is 1.38. The van der Waals surface area contributed by atoms with Gasteiger partial charge in [0.25, 0.3) is 0 Å². The topological polar surface area (TPSA) is 55.5 Å². The first-order valence-electron chi connectivity index (χ1n) is 4.56. The summed E-state index contributed by atoms with van der Waals surface area (Å²) in [6.45, 7) is 0. The Balaban J connectivity index is 2.33. The fraction of sp³-hybridized carbons (Fsp3) is 0. The molecule has 15 heavy (non-hydrogen) atoms. The average Bonchev–Trinajstić information content (AvgIpc) is 2.30. The Morgan fingerprint density at radius 3 is 1.73 bits per heavy atom. The van der Waals surface area contributed by atoms with Crippen LogP contribution in [0.4, 0.5) is 0 Å². The van der Waals surface area contributed by atoms with Crippen LogP contribution in [0.3, 0.4) is 0 Å². The molecule has 0 saturated heterocycles. The van der Waals surface area contributed by atoms with Crippen molar-refractivity contribution in [1.82, 2.24) is 0 Å². The number of rotatable bonds is 2. The Kier molecular flexibility index (Phi) is 2.56. The normalized spacial score (nSPS) is 9.93. The summed E-state index contributed by atoms with van der Waals surface area (Å²) in [6, 6.07) is 14.4. The molecule has 0 bridgehead atoms. The minimum absolute atomic E-state index is 0.265. The van der Waals surface area contributed by atoms with Crippen molar-refractivity contribution in [3.8, 4) is 22.6 Å². The monoisotopic (exact) mass is 201 g/mol. The number of benzene rings is 2. The second kappa shape index (κ2) is 4.02. The second-order valence-corrected chi connectivity index (χ2v) is 3.19. The number of phenols is 1. The maximum atomic E-state index is 9.15. The number of phenolic OH excluding ortho intramolecular Hbond substituents is 1. The van der Waals surface area contributed by atoms with Gasteiger partial charge in [0, 0.05) is 0 Å². The summed E-state index contributed by atoms with van der Waals surface area (Å²) in [6.07, 6.45) is 0. The molecule has 2 aromatic carbocycles. The summed E-state index contributed by atoms with van der Waals surface area (Å²) < 4.78 is 0. The van der Waals surface area contributed by atoms with Crippen molar-refractivity contribution < 1.29 is 9.94 Å². The van der Waals surface area contributed by atoms with E-state index in [0.29, 0.717) is 5.75 Å². The number of nitrogens with two attached hydrogens (primary N) is 1. The highest BCUT2D eigenvalue weighted by molar-refractivity contribution is 5.64. The van der Waals surface area contributed by atoms with Crippen LogP contribution in [0.2, 0.25) is 0 Å². The van der Waals surface area contributed by atoms with Crippen molar-refractivity contribution in [1.29, 1.82) is 0 Å². The van der Waals surface area contributed by atoms with Gasteiger partial charge in [0.15, 0.2) is 0 Å². The summed E-state index contributed by atoms with van der Waals surface area (Å²) in [7, 11) is 0. The molecule has 0 saturated carbocycles. The fourth-order valence-electron chi connectivity index (χ4n) is 1.38. The van der Waals surface area contributed by atoms with Gasteiger partial charge in [-0.15, -0.1) is 0 Å². The van der Waals surface area contributed by atoms with Crippen molar-refractivity contribution in [3.05, 3.63) is 48.5 Å². The summed E-state index contributed by atoms with van der Waals surface area (Å²) >= 11 is 0. The van der Waals surface area contributed by atoms with Crippen LogP contribution < -0.4 is 10.7 Å². The lowest BCUT2D eigenvalue weighted by Crippen LogP contribution is -2.00. The van der Waals surface area contributed by atoms with Crippen LogP contribution in [-0.2, 0) is 0 Å². The molecule has 2 aromatic rings. The molecule has 0 heterocycles. The maximum absolute atomic E-state index is 9.15. The van der Waals surface area contributed by atoms with Crippen LogP contribution >= 0.6 is 0 Å². The molecule has 76 valence electrons. The number of hydrogen-bond acceptors (Lipinski definition) is 3. The van der Waals surface area contributed by atoms with Gasteiger partial charge < -0.3 is 9.94 Å². The third-order valence-electron chi connectivity index (χ3n) is 2.19. The Labute approximate surface area is 87.7 Å². The summed E-state index contributed by atoms with van der Waals surface area (Å²) in [5, 5.41) is 9.15. The first-order valence-corrected chi connectivity index (χ1v) is 4.56. The molecule has 2 rings (SSSR count).